The molecule has 0 bridgehead atoms. The zero-order chi connectivity index (χ0) is 12.6. The molecule has 0 aromatic heterocycles. The summed E-state index contributed by atoms with van der Waals surface area (Å²) in [6.45, 7) is 0.247. The van der Waals surface area contributed by atoms with Gasteiger partial charge in [0.05, 0.1) is 6.10 Å². The van der Waals surface area contributed by atoms with E-state index in [2.05, 4.69) is 15.9 Å². The number of halogens is 2. The summed E-state index contributed by atoms with van der Waals surface area (Å²) in [6, 6.07) is 3.81. The molecule has 2 rings (SSSR count). The van der Waals surface area contributed by atoms with Gasteiger partial charge in [-0.1, -0.05) is 15.9 Å². The average Bonchev–Trinajstić information content (AvgIpc) is 2.64. The van der Waals surface area contributed by atoms with E-state index in [1.54, 1.807) is 0 Å². The van der Waals surface area contributed by atoms with E-state index in [-0.39, 0.29) is 18.0 Å². The zero-order valence-electron chi connectivity index (χ0n) is 8.81. The second-order valence-electron chi connectivity index (χ2n) is 3.88. The molecule has 0 saturated carbocycles. The Bertz CT molecular complexity index is 534. The van der Waals surface area contributed by atoms with Crippen molar-refractivity contribution >= 4 is 26.0 Å². The Balaban J connectivity index is 2.38. The van der Waals surface area contributed by atoms with Gasteiger partial charge in [0.25, 0.3) is 0 Å². The topological polar surface area (TPSA) is 57.6 Å². The lowest BCUT2D eigenvalue weighted by Crippen LogP contribution is -2.30. The summed E-state index contributed by atoms with van der Waals surface area (Å²) in [6.07, 6.45) is -0.277. The second-order valence-corrected chi connectivity index (χ2v) is 6.70. The SMILES string of the molecule is O=S(=O)(c1ccc(Br)cc1F)N1CC[C@@H](O)C1. The molecule has 94 valence electrons. The lowest BCUT2D eigenvalue weighted by atomic mass is 10.3. The monoisotopic (exact) mass is 323 g/mol. The third-order valence-corrected chi connectivity index (χ3v) is 5.03. The number of aliphatic hydroxyl groups excluding tert-OH is 1. The van der Waals surface area contributed by atoms with Crippen LogP contribution in [0.25, 0.3) is 0 Å². The smallest absolute Gasteiger partial charge is 0.246 e. The molecule has 0 amide bonds. The van der Waals surface area contributed by atoms with Gasteiger partial charge in [0.1, 0.15) is 10.7 Å². The number of hydrogen-bond donors (Lipinski definition) is 1. The van der Waals surface area contributed by atoms with Gasteiger partial charge in [-0.2, -0.15) is 4.31 Å². The number of hydrogen-bond acceptors (Lipinski definition) is 3. The van der Waals surface area contributed by atoms with Gasteiger partial charge in [0, 0.05) is 17.6 Å². The van der Waals surface area contributed by atoms with Crippen molar-refractivity contribution in [3.05, 3.63) is 28.5 Å². The molecule has 1 aliphatic rings. The van der Waals surface area contributed by atoms with Gasteiger partial charge >= 0.3 is 0 Å². The first-order valence-electron chi connectivity index (χ1n) is 5.04. The molecule has 1 aliphatic heterocycles. The normalized spacial score (nSPS) is 21.9. The summed E-state index contributed by atoms with van der Waals surface area (Å²) >= 11 is 3.07. The van der Waals surface area contributed by atoms with Crippen molar-refractivity contribution in [2.75, 3.05) is 13.1 Å². The van der Waals surface area contributed by atoms with E-state index in [0.29, 0.717) is 10.9 Å². The Hall–Kier alpha value is -0.500. The first-order valence-corrected chi connectivity index (χ1v) is 7.28. The lowest BCUT2D eigenvalue weighted by molar-refractivity contribution is 0.189. The fraction of sp³-hybridized carbons (Fsp3) is 0.400. The highest BCUT2D eigenvalue weighted by atomic mass is 79.9. The molecule has 4 nitrogen and oxygen atoms in total. The summed E-state index contributed by atoms with van der Waals surface area (Å²) < 4.78 is 39.3. The first kappa shape index (κ1) is 12.9. The van der Waals surface area contributed by atoms with E-state index < -0.39 is 21.9 Å². The Labute approximate surface area is 107 Å². The fourth-order valence-corrected chi connectivity index (χ4v) is 3.62. The Morgan fingerprint density at radius 2 is 2.18 bits per heavy atom. The van der Waals surface area contributed by atoms with E-state index in [9.17, 15) is 17.9 Å². The summed E-state index contributed by atoms with van der Waals surface area (Å²) in [5, 5.41) is 9.32. The Kier molecular flexibility index (Phi) is 3.53. The van der Waals surface area contributed by atoms with Crippen molar-refractivity contribution in [3.8, 4) is 0 Å². The molecule has 0 radical (unpaired) electrons. The summed E-state index contributed by atoms with van der Waals surface area (Å²) in [5.41, 5.74) is 0. The third-order valence-electron chi connectivity index (χ3n) is 2.64. The fourth-order valence-electron chi connectivity index (χ4n) is 1.75. The molecule has 1 aromatic rings. The second kappa shape index (κ2) is 4.64. The highest BCUT2D eigenvalue weighted by Gasteiger charge is 2.33. The van der Waals surface area contributed by atoms with Gasteiger partial charge < -0.3 is 5.11 Å². The van der Waals surface area contributed by atoms with Crippen molar-refractivity contribution in [3.63, 3.8) is 0 Å². The van der Waals surface area contributed by atoms with Crippen LogP contribution in [0, 0.1) is 5.82 Å². The predicted octanol–water partition coefficient (Wildman–Crippen LogP) is 1.34. The van der Waals surface area contributed by atoms with Gasteiger partial charge in [0.2, 0.25) is 10.0 Å². The number of β-amino-alcohol motifs (C(OH)–C–C–N with tert-alkyl or cyclic N) is 1. The van der Waals surface area contributed by atoms with Crippen LogP contribution in [0.15, 0.2) is 27.6 Å². The van der Waals surface area contributed by atoms with Crippen LogP contribution in [-0.4, -0.2) is 37.0 Å². The average molecular weight is 324 g/mol. The van der Waals surface area contributed by atoms with Gasteiger partial charge in [-0.05, 0) is 24.6 Å². The molecular weight excluding hydrogens is 313 g/mol. The van der Waals surface area contributed by atoms with Crippen molar-refractivity contribution in [1.82, 2.24) is 4.31 Å². The molecule has 0 unspecified atom stereocenters. The molecule has 1 saturated heterocycles. The number of benzene rings is 1. The van der Waals surface area contributed by atoms with Crippen molar-refractivity contribution in [2.45, 2.75) is 17.4 Å². The lowest BCUT2D eigenvalue weighted by Gasteiger charge is -2.16. The minimum atomic E-state index is -3.84. The molecule has 1 aromatic carbocycles. The van der Waals surface area contributed by atoms with Crippen LogP contribution in [0.5, 0.6) is 0 Å². The van der Waals surface area contributed by atoms with Gasteiger partial charge in [-0.3, -0.25) is 0 Å². The minimum Gasteiger partial charge on any atom is -0.392 e. The van der Waals surface area contributed by atoms with E-state index >= 15 is 0 Å². The standard InChI is InChI=1S/C10H11BrFNO3S/c11-7-1-2-10(9(12)5-7)17(15,16)13-4-3-8(14)6-13/h1-2,5,8,14H,3-4,6H2/t8-/m1/s1. The number of nitrogens with zero attached hydrogens (tertiary/aromatic N) is 1. The van der Waals surface area contributed by atoms with Gasteiger partial charge in [-0.25, -0.2) is 12.8 Å². The first-order chi connectivity index (χ1) is 7.91. The largest absolute Gasteiger partial charge is 0.392 e. The maximum Gasteiger partial charge on any atom is 0.246 e. The van der Waals surface area contributed by atoms with Crippen LogP contribution in [0.1, 0.15) is 6.42 Å². The van der Waals surface area contributed by atoms with Crippen LogP contribution in [0.3, 0.4) is 0 Å². The van der Waals surface area contributed by atoms with Crippen molar-refractivity contribution in [2.24, 2.45) is 0 Å². The molecule has 1 N–H and O–H groups in total. The quantitative estimate of drug-likeness (QED) is 0.893. The van der Waals surface area contributed by atoms with Gasteiger partial charge in [-0.15, -0.1) is 0 Å². The minimum absolute atomic E-state index is 0.0256. The molecular formula is C10H11BrFNO3S. The van der Waals surface area contributed by atoms with Crippen LogP contribution in [0.2, 0.25) is 0 Å². The number of aliphatic hydroxyl groups is 1. The van der Waals surface area contributed by atoms with Gasteiger partial charge in [0.15, 0.2) is 0 Å². The summed E-state index contributed by atoms with van der Waals surface area (Å²) in [7, 11) is -3.84. The third kappa shape index (κ3) is 2.52. The summed E-state index contributed by atoms with van der Waals surface area (Å²) in [4.78, 5) is -0.352. The maximum atomic E-state index is 13.6. The molecule has 17 heavy (non-hydrogen) atoms. The molecule has 7 heteroatoms. The van der Waals surface area contributed by atoms with E-state index in [4.69, 9.17) is 0 Å². The number of sulfonamides is 1. The Morgan fingerprint density at radius 1 is 1.47 bits per heavy atom. The van der Waals surface area contributed by atoms with E-state index in [1.165, 1.54) is 12.1 Å². The van der Waals surface area contributed by atoms with E-state index in [1.807, 2.05) is 0 Å². The van der Waals surface area contributed by atoms with Crippen molar-refractivity contribution < 1.29 is 17.9 Å². The highest BCUT2D eigenvalue weighted by Crippen LogP contribution is 2.25. The van der Waals surface area contributed by atoms with Crippen LogP contribution in [0.4, 0.5) is 4.39 Å². The van der Waals surface area contributed by atoms with Crippen LogP contribution in [-0.2, 0) is 10.0 Å². The summed E-state index contributed by atoms with van der Waals surface area (Å²) in [5.74, 6) is -0.791. The number of rotatable bonds is 2. The maximum absolute atomic E-state index is 13.6. The molecule has 1 heterocycles. The molecule has 0 aliphatic carbocycles. The predicted molar refractivity (Wildman–Crippen MR) is 63.5 cm³/mol. The molecule has 1 atom stereocenters. The van der Waals surface area contributed by atoms with Crippen LogP contribution < -0.4 is 0 Å². The van der Waals surface area contributed by atoms with Crippen LogP contribution >= 0.6 is 15.9 Å². The highest BCUT2D eigenvalue weighted by molar-refractivity contribution is 9.10. The van der Waals surface area contributed by atoms with Crippen molar-refractivity contribution in [1.29, 1.82) is 0 Å². The zero-order valence-corrected chi connectivity index (χ0v) is 11.2. The van der Waals surface area contributed by atoms with E-state index in [0.717, 1.165) is 10.4 Å². The molecule has 0 spiro atoms. The Morgan fingerprint density at radius 3 is 2.71 bits per heavy atom. The molecule has 1 fully saturated rings.